The zero-order valence-corrected chi connectivity index (χ0v) is 40.4. The van der Waals surface area contributed by atoms with Crippen LogP contribution in [-0.2, 0) is 52.9 Å². The van der Waals surface area contributed by atoms with Gasteiger partial charge in [0.2, 0.25) is 5.41 Å². The molecule has 2 rings (SSSR count). The fourth-order valence-electron chi connectivity index (χ4n) is 5.93. The van der Waals surface area contributed by atoms with Crippen molar-refractivity contribution < 1.29 is 83.3 Å². The molecule has 0 saturated carbocycles. The van der Waals surface area contributed by atoms with Crippen LogP contribution in [0.4, 0.5) is 26.3 Å². The Morgan fingerprint density at radius 2 is 0.687 bits per heavy atom. The summed E-state index contributed by atoms with van der Waals surface area (Å²) in [4.78, 5) is 23.1. The van der Waals surface area contributed by atoms with Crippen LogP contribution in [0.1, 0.15) is 80.4 Å². The Kier molecular flexibility index (Phi) is 24.9. The van der Waals surface area contributed by atoms with Gasteiger partial charge in [-0.1, -0.05) is 51.3 Å². The first-order valence-electron chi connectivity index (χ1n) is 22.2. The SMILES string of the molecule is C=C(C)C(=O)OCC(C)COC(C)COC(C)COC(C)COc1ccc(C(c2ccc(OCC(C)OCC(C)OCC(C)OCC(C)COC(=O)C(=C)C)cc2)(C(F)(F)F)C(F)(F)F)cc1. The third kappa shape index (κ3) is 20.5. The second kappa shape index (κ2) is 28.3. The van der Waals surface area contributed by atoms with Gasteiger partial charge < -0.3 is 47.4 Å². The number of alkyl halides is 6. The molecule has 2 aromatic carbocycles. The summed E-state index contributed by atoms with van der Waals surface area (Å²) in [6.45, 7) is 26.5. The fourth-order valence-corrected chi connectivity index (χ4v) is 5.93. The largest absolute Gasteiger partial charge is 0.491 e. The first-order chi connectivity index (χ1) is 31.3. The molecule has 0 fully saturated rings. The van der Waals surface area contributed by atoms with Gasteiger partial charge >= 0.3 is 24.3 Å². The third-order valence-corrected chi connectivity index (χ3v) is 9.88. The Morgan fingerprint density at radius 3 is 0.940 bits per heavy atom. The van der Waals surface area contributed by atoms with E-state index < -0.39 is 53.0 Å². The molecule has 0 amide bonds. The smallest absolute Gasteiger partial charge is 0.411 e. The van der Waals surface area contributed by atoms with Crippen molar-refractivity contribution in [2.45, 2.75) is 124 Å². The van der Waals surface area contributed by atoms with Gasteiger partial charge in [0.05, 0.1) is 89.5 Å². The average molecular weight is 965 g/mol. The Balaban J connectivity index is 1.89. The van der Waals surface area contributed by atoms with Crippen LogP contribution in [0.3, 0.4) is 0 Å². The Bertz CT molecular complexity index is 1660. The normalized spacial score (nSPS) is 15.9. The number of ether oxygens (including phenoxy) is 10. The molecule has 18 heteroatoms. The molecule has 0 radical (unpaired) electrons. The zero-order chi connectivity index (χ0) is 50.5. The molecule has 0 saturated heterocycles. The number of carbonyl (C=O) groups excluding carboxylic acids is 2. The van der Waals surface area contributed by atoms with Crippen LogP contribution in [0.15, 0.2) is 72.8 Å². The molecule has 0 spiro atoms. The molecule has 0 bridgehead atoms. The van der Waals surface area contributed by atoms with Gasteiger partial charge in [0.25, 0.3) is 0 Å². The quantitative estimate of drug-likeness (QED) is 0.0394. The summed E-state index contributed by atoms with van der Waals surface area (Å²) in [6, 6.07) is 7.25. The standard InChI is InChI=1S/C49H70F6O12/c1-31(2)45(56)66-23-33(5)21-58-35(7)25-60-37(9)27-62-39(11)29-64-43-17-13-41(14-18-43)47(48(50,51)52,49(53,54)55)42-15-19-44(20-16-42)65-30-40(12)63-28-38(10)61-26-36(8)59-22-34(6)24-67-46(57)32(3)4/h13-20,33-40H,1,3,21-30H2,2,4-12H3. The van der Waals surface area contributed by atoms with Crippen LogP contribution in [0.25, 0.3) is 0 Å². The van der Waals surface area contributed by atoms with E-state index >= 15 is 0 Å². The van der Waals surface area contributed by atoms with E-state index in [4.69, 9.17) is 47.4 Å². The number of rotatable bonds is 32. The van der Waals surface area contributed by atoms with E-state index in [9.17, 15) is 35.9 Å². The van der Waals surface area contributed by atoms with E-state index in [0.717, 1.165) is 48.5 Å². The Labute approximate surface area is 391 Å². The zero-order valence-electron chi connectivity index (χ0n) is 40.4. The lowest BCUT2D eigenvalue weighted by molar-refractivity contribution is -0.288. The fraction of sp³-hybridized carbons (Fsp3) is 0.633. The lowest BCUT2D eigenvalue weighted by atomic mass is 9.73. The molecule has 380 valence electrons. The number of hydrogen-bond acceptors (Lipinski definition) is 12. The van der Waals surface area contributed by atoms with E-state index in [0.29, 0.717) is 24.4 Å². The highest BCUT2D eigenvalue weighted by Crippen LogP contribution is 2.56. The van der Waals surface area contributed by atoms with Crippen molar-refractivity contribution in [3.63, 3.8) is 0 Å². The second-order valence-corrected chi connectivity index (χ2v) is 17.2. The molecule has 8 unspecified atom stereocenters. The minimum absolute atomic E-state index is 0.0391. The molecule has 0 aliphatic heterocycles. The molecule has 0 heterocycles. The topological polar surface area (TPSA) is 126 Å². The summed E-state index contributed by atoms with van der Waals surface area (Å²) in [5, 5.41) is 0. The lowest BCUT2D eigenvalue weighted by Crippen LogP contribution is -2.54. The molecule has 67 heavy (non-hydrogen) atoms. The van der Waals surface area contributed by atoms with Gasteiger partial charge in [0.15, 0.2) is 0 Å². The van der Waals surface area contributed by atoms with Crippen molar-refractivity contribution in [2.24, 2.45) is 11.8 Å². The predicted molar refractivity (Wildman–Crippen MR) is 239 cm³/mol. The van der Waals surface area contributed by atoms with Gasteiger partial charge in [-0.3, -0.25) is 0 Å². The summed E-state index contributed by atoms with van der Waals surface area (Å²) < 4.78 is 145. The highest BCUT2D eigenvalue weighted by molar-refractivity contribution is 5.87. The van der Waals surface area contributed by atoms with Crippen molar-refractivity contribution in [3.05, 3.63) is 84.0 Å². The van der Waals surface area contributed by atoms with Crippen LogP contribution in [0.2, 0.25) is 0 Å². The van der Waals surface area contributed by atoms with Crippen LogP contribution < -0.4 is 9.47 Å². The molecular formula is C49H70F6O12. The van der Waals surface area contributed by atoms with Crippen molar-refractivity contribution in [1.29, 1.82) is 0 Å². The van der Waals surface area contributed by atoms with Crippen molar-refractivity contribution in [1.82, 2.24) is 0 Å². The molecule has 0 aliphatic rings. The number of carbonyl (C=O) groups is 2. The number of benzene rings is 2. The number of halogens is 6. The van der Waals surface area contributed by atoms with Crippen molar-refractivity contribution in [3.8, 4) is 11.5 Å². The average Bonchev–Trinajstić information content (AvgIpc) is 3.26. The van der Waals surface area contributed by atoms with Crippen LogP contribution in [0.5, 0.6) is 11.5 Å². The maximum absolute atomic E-state index is 14.9. The highest BCUT2D eigenvalue weighted by atomic mass is 19.4. The van der Waals surface area contributed by atoms with E-state index in [2.05, 4.69) is 13.2 Å². The van der Waals surface area contributed by atoms with Gasteiger partial charge in [-0.05, 0) is 90.8 Å². The molecule has 2 aromatic rings. The van der Waals surface area contributed by atoms with Gasteiger partial charge in [-0.25, -0.2) is 9.59 Å². The van der Waals surface area contributed by atoms with Crippen molar-refractivity contribution >= 4 is 11.9 Å². The monoisotopic (exact) mass is 964 g/mol. The molecule has 0 N–H and O–H groups in total. The summed E-state index contributed by atoms with van der Waals surface area (Å²) in [6.07, 6.45) is -13.8. The summed E-state index contributed by atoms with van der Waals surface area (Å²) in [7, 11) is 0. The van der Waals surface area contributed by atoms with E-state index in [1.54, 1.807) is 41.5 Å². The van der Waals surface area contributed by atoms with Crippen molar-refractivity contribution in [2.75, 3.05) is 66.1 Å². The summed E-state index contributed by atoms with van der Waals surface area (Å²) in [5.41, 5.74) is -5.82. The molecule has 12 nitrogen and oxygen atoms in total. The molecule has 8 atom stereocenters. The number of hydrogen-bond donors (Lipinski definition) is 0. The highest BCUT2D eigenvalue weighted by Gasteiger charge is 2.72. The minimum Gasteiger partial charge on any atom is -0.491 e. The second-order valence-electron chi connectivity index (χ2n) is 17.2. The van der Waals surface area contributed by atoms with Crippen LogP contribution in [0, 0.1) is 11.8 Å². The Hall–Kier alpha value is -4.20. The van der Waals surface area contributed by atoms with E-state index in [-0.39, 0.29) is 101 Å². The van der Waals surface area contributed by atoms with Crippen LogP contribution >= 0.6 is 0 Å². The van der Waals surface area contributed by atoms with Gasteiger partial charge in [-0.2, -0.15) is 26.3 Å². The predicted octanol–water partition coefficient (Wildman–Crippen LogP) is 9.80. The molecular weight excluding hydrogens is 895 g/mol. The Morgan fingerprint density at radius 1 is 0.433 bits per heavy atom. The van der Waals surface area contributed by atoms with E-state index in [1.165, 1.54) is 0 Å². The summed E-state index contributed by atoms with van der Waals surface area (Å²) in [5.74, 6) is -0.910. The van der Waals surface area contributed by atoms with Gasteiger partial charge in [0, 0.05) is 23.0 Å². The van der Waals surface area contributed by atoms with E-state index in [1.807, 2.05) is 27.7 Å². The first kappa shape index (κ1) is 58.9. The molecule has 0 aromatic heterocycles. The lowest BCUT2D eigenvalue weighted by Gasteiger charge is -2.38. The minimum atomic E-state index is -5.79. The summed E-state index contributed by atoms with van der Waals surface area (Å²) >= 11 is 0. The maximum atomic E-state index is 14.9. The van der Waals surface area contributed by atoms with Crippen LogP contribution in [-0.4, -0.2) is 127 Å². The van der Waals surface area contributed by atoms with Gasteiger partial charge in [0.1, 0.15) is 24.7 Å². The third-order valence-electron chi connectivity index (χ3n) is 9.88. The van der Waals surface area contributed by atoms with Gasteiger partial charge in [-0.15, -0.1) is 0 Å². The molecule has 0 aliphatic carbocycles. The first-order valence-corrected chi connectivity index (χ1v) is 22.2. The number of esters is 2. The maximum Gasteiger partial charge on any atom is 0.411 e.